The Morgan fingerprint density at radius 3 is 2.57 bits per heavy atom. The maximum atomic E-state index is 12.8. The highest BCUT2D eigenvalue weighted by atomic mass is 35.5. The van der Waals surface area contributed by atoms with E-state index in [1.165, 1.54) is 0 Å². The molecule has 0 spiro atoms. The molecular weight excluding hydrogens is 376 g/mol. The van der Waals surface area contributed by atoms with Gasteiger partial charge in [0, 0.05) is 23.4 Å². The van der Waals surface area contributed by atoms with Gasteiger partial charge in [0.05, 0.1) is 12.1 Å². The molecule has 28 heavy (non-hydrogen) atoms. The minimum Gasteiger partial charge on any atom is -0.495 e. The van der Waals surface area contributed by atoms with Crippen LogP contribution in [-0.2, 0) is 0 Å². The molecule has 0 saturated heterocycles. The third-order valence-corrected chi connectivity index (χ3v) is 4.63. The van der Waals surface area contributed by atoms with Crippen LogP contribution >= 0.6 is 11.6 Å². The molecule has 1 amide bonds. The lowest BCUT2D eigenvalue weighted by Gasteiger charge is -2.11. The molecular formula is C21H19ClN4O2. The summed E-state index contributed by atoms with van der Waals surface area (Å²) in [5.41, 5.74) is 1.69. The molecule has 7 heteroatoms. The van der Waals surface area contributed by atoms with Crippen LogP contribution in [0.1, 0.15) is 23.3 Å². The Morgan fingerprint density at radius 1 is 1.11 bits per heavy atom. The predicted molar refractivity (Wildman–Crippen MR) is 110 cm³/mol. The number of hydrogen-bond donors (Lipinski definition) is 2. The monoisotopic (exact) mass is 394 g/mol. The first-order chi connectivity index (χ1) is 13.6. The van der Waals surface area contributed by atoms with Crippen molar-refractivity contribution in [2.45, 2.75) is 18.9 Å². The molecule has 1 aromatic heterocycles. The molecule has 4 rings (SSSR count). The highest BCUT2D eigenvalue weighted by Gasteiger charge is 2.23. The molecule has 2 N–H and O–H groups in total. The minimum absolute atomic E-state index is 0.281. The second-order valence-corrected chi connectivity index (χ2v) is 6.96. The second-order valence-electron chi connectivity index (χ2n) is 6.55. The van der Waals surface area contributed by atoms with Crippen LogP contribution < -0.4 is 15.4 Å². The number of carbonyl (C=O) groups excluding carboxylic acids is 1. The molecule has 1 fully saturated rings. The first-order valence-electron chi connectivity index (χ1n) is 8.98. The molecule has 2 aromatic carbocycles. The van der Waals surface area contributed by atoms with Crippen molar-refractivity contribution in [2.75, 3.05) is 17.7 Å². The van der Waals surface area contributed by atoms with Crippen molar-refractivity contribution in [3.8, 4) is 17.1 Å². The van der Waals surface area contributed by atoms with Gasteiger partial charge in [-0.2, -0.15) is 0 Å². The third kappa shape index (κ3) is 4.23. The topological polar surface area (TPSA) is 76.1 Å². The molecule has 1 heterocycles. The number of hydrogen-bond acceptors (Lipinski definition) is 5. The van der Waals surface area contributed by atoms with Crippen LogP contribution in [0.4, 0.5) is 11.5 Å². The summed E-state index contributed by atoms with van der Waals surface area (Å²) >= 11 is 6.14. The van der Waals surface area contributed by atoms with Crippen LogP contribution in [0.5, 0.6) is 5.75 Å². The van der Waals surface area contributed by atoms with E-state index in [4.69, 9.17) is 16.3 Å². The van der Waals surface area contributed by atoms with E-state index in [-0.39, 0.29) is 11.6 Å². The van der Waals surface area contributed by atoms with Crippen molar-refractivity contribution in [3.63, 3.8) is 0 Å². The molecule has 3 aromatic rings. The summed E-state index contributed by atoms with van der Waals surface area (Å²) in [6.45, 7) is 0. The normalized spacial score (nSPS) is 13.1. The van der Waals surface area contributed by atoms with E-state index < -0.39 is 0 Å². The Hall–Kier alpha value is -3.12. The van der Waals surface area contributed by atoms with Gasteiger partial charge in [0.25, 0.3) is 5.91 Å². The zero-order valence-electron chi connectivity index (χ0n) is 15.3. The number of methoxy groups -OCH3 is 1. The summed E-state index contributed by atoms with van der Waals surface area (Å²) in [5.74, 6) is 1.36. The molecule has 0 aliphatic heterocycles. The lowest BCUT2D eigenvalue weighted by atomic mass is 10.2. The standard InChI is InChI=1S/C21H19ClN4O2/c1-28-18-10-9-15(11-16(18)22)24-21(27)17-12-19(23-14-7-8-14)26-20(25-17)13-5-3-2-4-6-13/h2-6,9-12,14H,7-8H2,1H3,(H,24,27)(H,23,25,26). The minimum atomic E-state index is -0.334. The summed E-state index contributed by atoms with van der Waals surface area (Å²) in [7, 11) is 1.54. The molecule has 6 nitrogen and oxygen atoms in total. The number of carbonyl (C=O) groups is 1. The number of nitrogens with one attached hydrogen (secondary N) is 2. The lowest BCUT2D eigenvalue weighted by Crippen LogP contribution is -2.16. The molecule has 0 unspecified atom stereocenters. The first-order valence-corrected chi connectivity index (χ1v) is 9.36. The number of anilines is 2. The number of halogens is 1. The van der Waals surface area contributed by atoms with E-state index in [0.717, 1.165) is 18.4 Å². The highest BCUT2D eigenvalue weighted by molar-refractivity contribution is 6.32. The molecule has 1 saturated carbocycles. The van der Waals surface area contributed by atoms with Crippen LogP contribution in [0.2, 0.25) is 5.02 Å². The average molecular weight is 395 g/mol. The molecule has 0 bridgehead atoms. The van der Waals surface area contributed by atoms with Crippen molar-refractivity contribution >= 4 is 29.0 Å². The molecule has 1 aliphatic rings. The van der Waals surface area contributed by atoms with Gasteiger partial charge < -0.3 is 15.4 Å². The second kappa shape index (κ2) is 7.86. The zero-order chi connectivity index (χ0) is 19.5. The fraction of sp³-hybridized carbons (Fsp3) is 0.190. The largest absolute Gasteiger partial charge is 0.495 e. The third-order valence-electron chi connectivity index (χ3n) is 4.33. The van der Waals surface area contributed by atoms with Crippen LogP contribution in [0.25, 0.3) is 11.4 Å². The predicted octanol–water partition coefficient (Wildman–Crippen LogP) is 4.63. The van der Waals surface area contributed by atoms with E-state index in [9.17, 15) is 4.79 Å². The van der Waals surface area contributed by atoms with Gasteiger partial charge in [-0.25, -0.2) is 9.97 Å². The summed E-state index contributed by atoms with van der Waals surface area (Å²) in [6, 6.07) is 16.7. The highest BCUT2D eigenvalue weighted by Crippen LogP contribution is 2.28. The zero-order valence-corrected chi connectivity index (χ0v) is 16.0. The Bertz CT molecular complexity index is 1010. The quantitative estimate of drug-likeness (QED) is 0.637. The molecule has 1 aliphatic carbocycles. The maximum Gasteiger partial charge on any atom is 0.274 e. The van der Waals surface area contributed by atoms with Gasteiger partial charge in [0.15, 0.2) is 5.82 Å². The van der Waals surface area contributed by atoms with Crippen LogP contribution in [0.15, 0.2) is 54.6 Å². The number of benzene rings is 2. The molecule has 0 radical (unpaired) electrons. The number of ether oxygens (including phenoxy) is 1. The SMILES string of the molecule is COc1ccc(NC(=O)c2cc(NC3CC3)nc(-c3ccccc3)n2)cc1Cl. The Labute approximate surface area is 167 Å². The molecule has 0 atom stereocenters. The Balaban J connectivity index is 1.63. The van der Waals surface area contributed by atoms with Crippen molar-refractivity contribution in [1.82, 2.24) is 9.97 Å². The van der Waals surface area contributed by atoms with E-state index in [2.05, 4.69) is 20.6 Å². The van der Waals surface area contributed by atoms with E-state index >= 15 is 0 Å². The van der Waals surface area contributed by atoms with E-state index in [1.807, 2.05) is 30.3 Å². The van der Waals surface area contributed by atoms with Crippen LogP contribution in [0, 0.1) is 0 Å². The number of nitrogens with zero attached hydrogens (tertiary/aromatic N) is 2. The molecule has 142 valence electrons. The van der Waals surface area contributed by atoms with Gasteiger partial charge in [-0.15, -0.1) is 0 Å². The average Bonchev–Trinajstić information content (AvgIpc) is 3.52. The smallest absolute Gasteiger partial charge is 0.274 e. The summed E-state index contributed by atoms with van der Waals surface area (Å²) in [4.78, 5) is 21.8. The van der Waals surface area contributed by atoms with Crippen LogP contribution in [0.3, 0.4) is 0 Å². The fourth-order valence-electron chi connectivity index (χ4n) is 2.73. The van der Waals surface area contributed by atoms with Gasteiger partial charge in [0.2, 0.25) is 0 Å². The van der Waals surface area contributed by atoms with Gasteiger partial charge in [0.1, 0.15) is 17.3 Å². The first kappa shape index (κ1) is 18.3. The van der Waals surface area contributed by atoms with Crippen molar-refractivity contribution in [3.05, 3.63) is 65.3 Å². The van der Waals surface area contributed by atoms with Crippen LogP contribution in [-0.4, -0.2) is 29.0 Å². The van der Waals surface area contributed by atoms with Gasteiger partial charge in [-0.05, 0) is 31.0 Å². The van der Waals surface area contributed by atoms with Crippen molar-refractivity contribution < 1.29 is 9.53 Å². The Kier molecular flexibility index (Phi) is 5.12. The summed E-state index contributed by atoms with van der Waals surface area (Å²) in [5, 5.41) is 6.59. The lowest BCUT2D eigenvalue weighted by molar-refractivity contribution is 0.102. The Morgan fingerprint density at radius 2 is 1.89 bits per heavy atom. The van der Waals surface area contributed by atoms with Crippen molar-refractivity contribution in [1.29, 1.82) is 0 Å². The number of rotatable bonds is 6. The van der Waals surface area contributed by atoms with Crippen molar-refractivity contribution in [2.24, 2.45) is 0 Å². The van der Waals surface area contributed by atoms with Gasteiger partial charge in [-0.3, -0.25) is 4.79 Å². The van der Waals surface area contributed by atoms with E-state index in [0.29, 0.717) is 34.1 Å². The van der Waals surface area contributed by atoms with Gasteiger partial charge >= 0.3 is 0 Å². The fourth-order valence-corrected chi connectivity index (χ4v) is 2.99. The summed E-state index contributed by atoms with van der Waals surface area (Å²) < 4.78 is 5.14. The van der Waals surface area contributed by atoms with E-state index in [1.54, 1.807) is 31.4 Å². The number of amides is 1. The maximum absolute atomic E-state index is 12.8. The number of aromatic nitrogens is 2. The van der Waals surface area contributed by atoms with Gasteiger partial charge in [-0.1, -0.05) is 41.9 Å². The summed E-state index contributed by atoms with van der Waals surface area (Å²) in [6.07, 6.45) is 2.22.